The molecule has 3 aromatic heterocycles. The fraction of sp³-hybridized carbons (Fsp3) is 0.500. The fourth-order valence-electron chi connectivity index (χ4n) is 16.4. The lowest BCUT2D eigenvalue weighted by atomic mass is 9.86. The second kappa shape index (κ2) is 31.7. The molecule has 1 unspecified atom stereocenters. The van der Waals surface area contributed by atoms with Crippen molar-refractivity contribution >= 4 is 74.6 Å². The number of anilines is 1. The molecular weight excluding hydrogens is 1420 g/mol. The molecule has 5 aromatic carbocycles. The number of likely N-dealkylation sites (N-methyl/N-ethyl adjacent to an activating group) is 1. The predicted molar refractivity (Wildman–Crippen MR) is 410 cm³/mol. The van der Waals surface area contributed by atoms with E-state index < -0.39 is 65.0 Å². The van der Waals surface area contributed by atoms with Crippen molar-refractivity contribution in [3.05, 3.63) is 118 Å². The Bertz CT molecular complexity index is 4890. The number of amides is 2. The van der Waals surface area contributed by atoms with Crippen LogP contribution in [0.1, 0.15) is 142 Å². The van der Waals surface area contributed by atoms with Gasteiger partial charge in [-0.1, -0.05) is 76.9 Å². The van der Waals surface area contributed by atoms with Gasteiger partial charge in [-0.3, -0.25) is 24.4 Å². The summed E-state index contributed by atoms with van der Waals surface area (Å²) in [5, 5.41) is 12.7. The molecule has 28 heteroatoms. The van der Waals surface area contributed by atoms with Crippen LogP contribution in [0.3, 0.4) is 0 Å². The lowest BCUT2D eigenvalue weighted by molar-refractivity contribution is -0.143. The van der Waals surface area contributed by atoms with Gasteiger partial charge in [0.05, 0.1) is 56.3 Å². The molecule has 8 aromatic rings. The Morgan fingerprint density at radius 3 is 2.29 bits per heavy atom. The van der Waals surface area contributed by atoms with Crippen molar-refractivity contribution in [2.75, 3.05) is 85.5 Å². The van der Waals surface area contributed by atoms with Crippen LogP contribution in [0.5, 0.6) is 29.0 Å². The van der Waals surface area contributed by atoms with Crippen LogP contribution in [0.2, 0.25) is 16.6 Å². The van der Waals surface area contributed by atoms with Gasteiger partial charge in [-0.2, -0.15) is 14.3 Å². The number of rotatable bonds is 24. The van der Waals surface area contributed by atoms with Gasteiger partial charge in [-0.25, -0.2) is 26.7 Å². The highest BCUT2D eigenvalue weighted by Gasteiger charge is 2.49. The molecule has 5 atom stereocenters. The first-order valence-electron chi connectivity index (χ1n) is 37.1. The maximum Gasteiger partial charge on any atom is 0.410 e. The third kappa shape index (κ3) is 15.6. The van der Waals surface area contributed by atoms with E-state index >= 15 is 8.78 Å². The fourth-order valence-corrected chi connectivity index (χ4v) is 23.2. The molecule has 108 heavy (non-hydrogen) atoms. The molecule has 2 amide bonds. The van der Waals surface area contributed by atoms with Gasteiger partial charge in [0.25, 0.3) is 0 Å². The number of fused-ring (bicyclic) bond motifs is 6. The molecule has 1 N–H and O–H groups in total. The maximum atomic E-state index is 18.5. The van der Waals surface area contributed by atoms with E-state index in [0.29, 0.717) is 90.2 Å². The summed E-state index contributed by atoms with van der Waals surface area (Å²) in [6.45, 7) is 25.1. The third-order valence-corrected chi connectivity index (χ3v) is 29.8. The van der Waals surface area contributed by atoms with E-state index in [9.17, 15) is 22.8 Å². The number of carbonyl (C=O) groups is 3. The molecule has 0 aliphatic carbocycles. The van der Waals surface area contributed by atoms with Gasteiger partial charge in [-0.15, -0.1) is 10.6 Å². The zero-order valence-corrected chi connectivity index (χ0v) is 66.4. The molecule has 4 aliphatic heterocycles. The van der Waals surface area contributed by atoms with Crippen LogP contribution >= 0.6 is 0 Å². The number of nitrogens with one attached hydrogen (secondary N) is 1. The van der Waals surface area contributed by atoms with Crippen molar-refractivity contribution in [1.29, 1.82) is 0 Å². The summed E-state index contributed by atoms with van der Waals surface area (Å²) in [5.41, 5.74) is 6.77. The number of ether oxygens (including phenoxy) is 8. The van der Waals surface area contributed by atoms with E-state index in [4.69, 9.17) is 52.8 Å². The number of nitrogens with zero attached hydrogens (tertiary/aromatic N) is 10. The zero-order valence-electron chi connectivity index (χ0n) is 64.6. The number of esters is 1. The third-order valence-electron chi connectivity index (χ3n) is 21.7. The standard InChI is InChI=1S/C80H99F2N11O13SSi/c1-17-101-69(94)39-61(54-35-65-74(67(36-54)100-16)90(14)88-87-65)52-20-19-50(8)55(33-52)42-92-41-51(9)105-66-38-58(24-26-68(66)107(92,97)98)102-31-29-83-76(95)80(28-18-30-89(80)13)45-103-77-85-73-63(75(86-77)91-43-56-22-23-57(44-91)93(56)78(96)106-79(10,11)12)40-84-72(71(73)82)62-37-59(104-46-99-15)34-53-21-25-64(81)60(70(53)62)27-32-108(47(2)3,48(4)5)49(6)7/h19-21,24-26,33-38,40,47-49,51,56-57,61H,17-18,22-23,28-31,39,41-46H2,1-16H3,(H,83,95)/t51-,56-,57+,61?,80-/m1/s1. The molecule has 0 saturated carbocycles. The van der Waals surface area contributed by atoms with E-state index in [2.05, 4.69) is 68.6 Å². The number of hydrogen-bond acceptors (Lipinski definition) is 20. The number of methoxy groups -OCH3 is 2. The molecular formula is C80H99F2N11O13SSi. The van der Waals surface area contributed by atoms with Crippen LogP contribution < -0.4 is 33.9 Å². The first-order valence-corrected chi connectivity index (χ1v) is 40.8. The van der Waals surface area contributed by atoms with E-state index in [-0.39, 0.29) is 132 Å². The van der Waals surface area contributed by atoms with Crippen LogP contribution in [0.25, 0.3) is 44.0 Å². The number of sulfonamides is 1. The van der Waals surface area contributed by atoms with Crippen molar-refractivity contribution in [2.24, 2.45) is 7.05 Å². The summed E-state index contributed by atoms with van der Waals surface area (Å²) in [5.74, 6) is 2.20. The van der Waals surface area contributed by atoms with E-state index in [1.54, 1.807) is 61.9 Å². The first kappa shape index (κ1) is 78.3. The molecule has 0 spiro atoms. The average Bonchev–Trinajstić information content (AvgIpc) is 0.829. The highest BCUT2D eigenvalue weighted by atomic mass is 32.2. The maximum absolute atomic E-state index is 18.5. The Morgan fingerprint density at radius 1 is 0.870 bits per heavy atom. The van der Waals surface area contributed by atoms with E-state index in [1.165, 1.54) is 35.8 Å². The lowest BCUT2D eigenvalue weighted by Crippen LogP contribution is -2.58. The molecule has 2 bridgehead atoms. The number of carbonyl (C=O) groups excluding carboxylic acids is 3. The summed E-state index contributed by atoms with van der Waals surface area (Å²) >= 11 is 0. The Labute approximate surface area is 631 Å². The van der Waals surface area contributed by atoms with Gasteiger partial charge < -0.3 is 48.1 Å². The number of halogens is 2. The number of hydrogen-bond donors (Lipinski definition) is 1. The van der Waals surface area contributed by atoms with Crippen LogP contribution in [-0.4, -0.2) is 188 Å². The molecule has 3 fully saturated rings. The largest absolute Gasteiger partial charge is 0.494 e. The average molecular weight is 1520 g/mol. The normalized spacial score (nSPS) is 19.1. The minimum atomic E-state index is -4.18. The number of likely N-dealkylation sites (tertiary alicyclic amines) is 1. The van der Waals surface area contributed by atoms with Gasteiger partial charge in [-0.05, 0) is 168 Å². The predicted octanol–water partition coefficient (Wildman–Crippen LogP) is 13.0. The SMILES string of the molecule is CCOC(=O)CC(c1ccc(C)c(CN2C[C@@H](C)Oc3cc(OCCNC(=O)[C@]4(COc5nc(N6C[C@H]7CC[C@@H](C6)N7C(=O)OC(C)(C)C)c6cnc(-c7cc(OCOC)cc8ccc(F)c(C#C[Si](C(C)C)(C(C)C)C(C)C)c78)c(F)c6n5)CCCN4C)ccc3S2(=O)=O)c1)c1cc(OC)c2c(c1)nnn2C. The number of aromatic nitrogens is 6. The second-order valence-electron chi connectivity index (χ2n) is 30.7. The molecule has 12 rings (SSSR count). The summed E-state index contributed by atoms with van der Waals surface area (Å²) < 4.78 is 116. The summed E-state index contributed by atoms with van der Waals surface area (Å²) in [4.78, 5) is 62.2. The number of pyridine rings is 1. The van der Waals surface area contributed by atoms with Gasteiger partial charge in [0.15, 0.2) is 12.6 Å². The lowest BCUT2D eigenvalue weighted by Gasteiger charge is -2.42. The molecule has 24 nitrogen and oxygen atoms in total. The Morgan fingerprint density at radius 2 is 1.61 bits per heavy atom. The Hall–Kier alpha value is -9.27. The molecule has 7 heterocycles. The van der Waals surface area contributed by atoms with Crippen LogP contribution in [0.4, 0.5) is 19.4 Å². The monoisotopic (exact) mass is 1520 g/mol. The molecule has 576 valence electrons. The van der Waals surface area contributed by atoms with Crippen molar-refractivity contribution in [2.45, 2.75) is 178 Å². The number of benzene rings is 5. The van der Waals surface area contributed by atoms with Crippen LogP contribution in [0.15, 0.2) is 83.9 Å². The van der Waals surface area contributed by atoms with Gasteiger partial charge in [0.2, 0.25) is 15.9 Å². The van der Waals surface area contributed by atoms with Gasteiger partial charge in [0, 0.05) is 62.9 Å². The first-order chi connectivity index (χ1) is 51.4. The number of piperazine rings is 1. The summed E-state index contributed by atoms with van der Waals surface area (Å²) in [7, 11) is 0.0366. The summed E-state index contributed by atoms with van der Waals surface area (Å²) in [6.07, 6.45) is 2.91. The second-order valence-corrected chi connectivity index (χ2v) is 38.2. The topological polar surface area (TPSA) is 254 Å². The Kier molecular flexibility index (Phi) is 23.0. The van der Waals surface area contributed by atoms with Crippen LogP contribution in [-0.2, 0) is 47.4 Å². The van der Waals surface area contributed by atoms with Gasteiger partial charge >= 0.3 is 18.1 Å². The van der Waals surface area contributed by atoms with Crippen molar-refractivity contribution in [3.8, 4) is 51.7 Å². The Balaban J connectivity index is 0.806. The molecule has 0 radical (unpaired) electrons. The van der Waals surface area contributed by atoms with Crippen molar-refractivity contribution in [3.63, 3.8) is 0 Å². The minimum absolute atomic E-state index is 0.00161. The van der Waals surface area contributed by atoms with E-state index in [0.717, 1.165) is 22.3 Å². The van der Waals surface area contributed by atoms with E-state index in [1.807, 2.05) is 74.9 Å². The van der Waals surface area contributed by atoms with Crippen LogP contribution in [0, 0.1) is 30.0 Å². The molecule has 3 saturated heterocycles. The van der Waals surface area contributed by atoms with Gasteiger partial charge in [0.1, 0.15) is 100 Å². The summed E-state index contributed by atoms with van der Waals surface area (Å²) in [6, 6.07) is 19.7. The highest BCUT2D eigenvalue weighted by Crippen LogP contribution is 2.45. The van der Waals surface area contributed by atoms with Crippen molar-refractivity contribution in [1.82, 2.24) is 49.4 Å². The van der Waals surface area contributed by atoms with Crippen molar-refractivity contribution < 1.29 is 69.5 Å². The number of aryl methyl sites for hydroxylation is 2. The molecule has 4 aliphatic rings. The highest BCUT2D eigenvalue weighted by molar-refractivity contribution is 7.89. The minimum Gasteiger partial charge on any atom is -0.494 e. The zero-order chi connectivity index (χ0) is 77.5. The quantitative estimate of drug-likeness (QED) is 0.0194. The smallest absolute Gasteiger partial charge is 0.410 e.